The van der Waals surface area contributed by atoms with Gasteiger partial charge < -0.3 is 5.32 Å². The lowest BCUT2D eigenvalue weighted by molar-refractivity contribution is 0.278. The van der Waals surface area contributed by atoms with Crippen molar-refractivity contribution >= 4 is 11.6 Å². The smallest absolute Gasteiger partial charge is 0.142 e. The highest BCUT2D eigenvalue weighted by Crippen LogP contribution is 2.41. The predicted octanol–water partition coefficient (Wildman–Crippen LogP) is 4.58. The Balaban J connectivity index is 2.09. The molecule has 19 heavy (non-hydrogen) atoms. The van der Waals surface area contributed by atoms with Gasteiger partial charge in [-0.1, -0.05) is 43.5 Å². The average molecular weight is 284 g/mol. The average Bonchev–Trinajstić information content (AvgIpc) is 2.84. The molecule has 0 saturated heterocycles. The number of rotatable bonds is 6. The van der Waals surface area contributed by atoms with Gasteiger partial charge in [-0.05, 0) is 49.3 Å². The maximum Gasteiger partial charge on any atom is 0.142 e. The van der Waals surface area contributed by atoms with E-state index in [0.717, 1.165) is 31.5 Å². The largest absolute Gasteiger partial charge is 0.316 e. The standard InChI is InChI=1S/C16H23ClFN/c1-2-10-19-12-16(8-3-4-9-16)11-13-6-5-7-14(18)15(13)17/h5-7,19H,2-4,8-12H2,1H3. The molecule has 0 radical (unpaired) electrons. The summed E-state index contributed by atoms with van der Waals surface area (Å²) in [6.07, 6.45) is 7.03. The number of hydrogen-bond acceptors (Lipinski definition) is 1. The van der Waals surface area contributed by atoms with Gasteiger partial charge in [0.1, 0.15) is 5.82 Å². The van der Waals surface area contributed by atoms with E-state index in [1.54, 1.807) is 6.07 Å². The van der Waals surface area contributed by atoms with Crippen LogP contribution in [0.1, 0.15) is 44.6 Å². The summed E-state index contributed by atoms with van der Waals surface area (Å²) >= 11 is 6.10. The SMILES string of the molecule is CCCNCC1(Cc2cccc(F)c2Cl)CCCC1. The van der Waals surface area contributed by atoms with E-state index in [4.69, 9.17) is 11.6 Å². The molecule has 1 fully saturated rings. The summed E-state index contributed by atoms with van der Waals surface area (Å²) in [5, 5.41) is 3.84. The first kappa shape index (κ1) is 14.8. The van der Waals surface area contributed by atoms with Gasteiger partial charge in [0.05, 0.1) is 5.02 Å². The summed E-state index contributed by atoms with van der Waals surface area (Å²) in [5.41, 5.74) is 1.23. The molecule has 1 N–H and O–H groups in total. The molecule has 0 atom stereocenters. The molecular formula is C16H23ClFN. The molecule has 0 heterocycles. The Kier molecular flexibility index (Phi) is 5.23. The Morgan fingerprint density at radius 3 is 2.74 bits per heavy atom. The van der Waals surface area contributed by atoms with Gasteiger partial charge in [0.15, 0.2) is 0 Å². The molecule has 0 amide bonds. The van der Waals surface area contributed by atoms with E-state index >= 15 is 0 Å². The minimum Gasteiger partial charge on any atom is -0.316 e. The third kappa shape index (κ3) is 3.70. The maximum absolute atomic E-state index is 13.5. The molecule has 1 aromatic carbocycles. The van der Waals surface area contributed by atoms with Crippen molar-refractivity contribution in [1.82, 2.24) is 5.32 Å². The highest BCUT2D eigenvalue weighted by atomic mass is 35.5. The van der Waals surface area contributed by atoms with Crippen molar-refractivity contribution < 1.29 is 4.39 Å². The molecule has 0 bridgehead atoms. The summed E-state index contributed by atoms with van der Waals surface area (Å²) in [6, 6.07) is 5.16. The second kappa shape index (κ2) is 6.71. The van der Waals surface area contributed by atoms with Gasteiger partial charge in [0, 0.05) is 6.54 Å². The fourth-order valence-corrected chi connectivity index (χ4v) is 3.35. The van der Waals surface area contributed by atoms with Crippen LogP contribution < -0.4 is 5.32 Å². The van der Waals surface area contributed by atoms with Crippen molar-refractivity contribution in [2.45, 2.75) is 45.4 Å². The molecule has 106 valence electrons. The van der Waals surface area contributed by atoms with Crippen molar-refractivity contribution in [1.29, 1.82) is 0 Å². The van der Waals surface area contributed by atoms with Gasteiger partial charge in [-0.15, -0.1) is 0 Å². The third-order valence-corrected chi connectivity index (χ3v) is 4.61. The summed E-state index contributed by atoms with van der Waals surface area (Å²) < 4.78 is 13.5. The lowest BCUT2D eigenvalue weighted by Crippen LogP contribution is -2.34. The van der Waals surface area contributed by atoms with Crippen LogP contribution in [0.2, 0.25) is 5.02 Å². The molecular weight excluding hydrogens is 261 g/mol. The third-order valence-electron chi connectivity index (χ3n) is 4.19. The Hall–Kier alpha value is -0.600. The summed E-state index contributed by atoms with van der Waals surface area (Å²) in [4.78, 5) is 0. The first-order chi connectivity index (χ1) is 9.17. The number of nitrogens with one attached hydrogen (secondary N) is 1. The molecule has 1 aliphatic carbocycles. The Bertz CT molecular complexity index is 413. The molecule has 1 saturated carbocycles. The summed E-state index contributed by atoms with van der Waals surface area (Å²) in [7, 11) is 0. The molecule has 1 aromatic rings. The van der Waals surface area contributed by atoms with Crippen LogP contribution in [0.4, 0.5) is 4.39 Å². The Morgan fingerprint density at radius 1 is 1.32 bits per heavy atom. The van der Waals surface area contributed by atoms with Crippen LogP contribution in [0.3, 0.4) is 0 Å². The van der Waals surface area contributed by atoms with Crippen molar-refractivity contribution in [3.8, 4) is 0 Å². The summed E-state index contributed by atoms with van der Waals surface area (Å²) in [5.74, 6) is -0.297. The van der Waals surface area contributed by atoms with Crippen molar-refractivity contribution in [3.05, 3.63) is 34.6 Å². The predicted molar refractivity (Wildman–Crippen MR) is 79.2 cm³/mol. The maximum atomic E-state index is 13.5. The van der Waals surface area contributed by atoms with E-state index in [1.807, 2.05) is 6.07 Å². The first-order valence-electron chi connectivity index (χ1n) is 7.30. The number of hydrogen-bond donors (Lipinski definition) is 1. The van der Waals surface area contributed by atoms with Crippen LogP contribution in [-0.4, -0.2) is 13.1 Å². The second-order valence-corrected chi connectivity index (χ2v) is 6.15. The van der Waals surface area contributed by atoms with Gasteiger partial charge in [-0.2, -0.15) is 0 Å². The van der Waals surface area contributed by atoms with Crippen molar-refractivity contribution in [2.24, 2.45) is 5.41 Å². The lowest BCUT2D eigenvalue weighted by Gasteiger charge is -2.30. The van der Waals surface area contributed by atoms with Gasteiger partial charge in [-0.3, -0.25) is 0 Å². The monoisotopic (exact) mass is 283 g/mol. The Labute approximate surface area is 120 Å². The second-order valence-electron chi connectivity index (χ2n) is 5.77. The zero-order chi connectivity index (χ0) is 13.7. The molecule has 1 nitrogen and oxygen atoms in total. The molecule has 0 aliphatic heterocycles. The number of halogens is 2. The Morgan fingerprint density at radius 2 is 2.05 bits per heavy atom. The van der Waals surface area contributed by atoms with Crippen LogP contribution in [-0.2, 0) is 6.42 Å². The fraction of sp³-hybridized carbons (Fsp3) is 0.625. The van der Waals surface area contributed by atoms with E-state index in [9.17, 15) is 4.39 Å². The zero-order valence-corrected chi connectivity index (χ0v) is 12.4. The lowest BCUT2D eigenvalue weighted by atomic mass is 9.80. The molecule has 1 aliphatic rings. The highest BCUT2D eigenvalue weighted by Gasteiger charge is 2.34. The molecule has 0 unspecified atom stereocenters. The van der Waals surface area contributed by atoms with Crippen LogP contribution in [0.5, 0.6) is 0 Å². The van der Waals surface area contributed by atoms with E-state index < -0.39 is 0 Å². The van der Waals surface area contributed by atoms with Gasteiger partial charge in [-0.25, -0.2) is 4.39 Å². The van der Waals surface area contributed by atoms with Crippen molar-refractivity contribution in [2.75, 3.05) is 13.1 Å². The molecule has 0 spiro atoms. The van der Waals surface area contributed by atoms with Crippen LogP contribution in [0, 0.1) is 11.2 Å². The highest BCUT2D eigenvalue weighted by molar-refractivity contribution is 6.31. The van der Waals surface area contributed by atoms with E-state index in [0.29, 0.717) is 5.02 Å². The normalized spacial score (nSPS) is 17.8. The first-order valence-corrected chi connectivity index (χ1v) is 7.68. The van der Waals surface area contributed by atoms with E-state index in [1.165, 1.54) is 31.7 Å². The van der Waals surface area contributed by atoms with Crippen LogP contribution >= 0.6 is 11.6 Å². The van der Waals surface area contributed by atoms with E-state index in [-0.39, 0.29) is 11.2 Å². The number of benzene rings is 1. The summed E-state index contributed by atoms with van der Waals surface area (Å²) in [6.45, 7) is 4.25. The van der Waals surface area contributed by atoms with Crippen LogP contribution in [0.15, 0.2) is 18.2 Å². The van der Waals surface area contributed by atoms with Gasteiger partial charge in [0.2, 0.25) is 0 Å². The van der Waals surface area contributed by atoms with Crippen molar-refractivity contribution in [3.63, 3.8) is 0 Å². The quantitative estimate of drug-likeness (QED) is 0.754. The van der Waals surface area contributed by atoms with Gasteiger partial charge in [0.25, 0.3) is 0 Å². The topological polar surface area (TPSA) is 12.0 Å². The van der Waals surface area contributed by atoms with Gasteiger partial charge >= 0.3 is 0 Å². The molecule has 2 rings (SSSR count). The van der Waals surface area contributed by atoms with E-state index in [2.05, 4.69) is 12.2 Å². The minimum atomic E-state index is -0.297. The molecule has 3 heteroatoms. The van der Waals surface area contributed by atoms with Crippen LogP contribution in [0.25, 0.3) is 0 Å². The minimum absolute atomic E-state index is 0.270. The molecule has 0 aromatic heterocycles. The fourth-order valence-electron chi connectivity index (χ4n) is 3.16. The zero-order valence-electron chi connectivity index (χ0n) is 11.6.